The minimum atomic E-state index is -0.646. The first-order valence-electron chi connectivity index (χ1n) is 7.56. The zero-order valence-electron chi connectivity index (χ0n) is 12.4. The molecule has 0 bridgehead atoms. The van der Waals surface area contributed by atoms with Gasteiger partial charge in [0.15, 0.2) is 0 Å². The highest BCUT2D eigenvalue weighted by atomic mass is 16.4. The standard InChI is InChI=1S/C17H22N2O2/c1-12(15-6-2-13(10-18)3-7-15)19-11-14-4-8-16(9-5-14)17(20)21/h2-3,6-7,12,14,16,19H,4-5,8-9,11H2,1H3,(H,20,21). The Morgan fingerprint density at radius 2 is 1.95 bits per heavy atom. The van der Waals surface area contributed by atoms with E-state index in [1.165, 1.54) is 5.56 Å². The molecular formula is C17H22N2O2. The summed E-state index contributed by atoms with van der Waals surface area (Å²) in [5.41, 5.74) is 1.85. The van der Waals surface area contributed by atoms with E-state index in [-0.39, 0.29) is 12.0 Å². The molecule has 1 fully saturated rings. The molecule has 112 valence electrons. The molecule has 4 nitrogen and oxygen atoms in total. The molecule has 4 heteroatoms. The molecule has 1 aliphatic carbocycles. The number of aliphatic carboxylic acids is 1. The average molecular weight is 286 g/mol. The van der Waals surface area contributed by atoms with Gasteiger partial charge < -0.3 is 10.4 Å². The van der Waals surface area contributed by atoms with Crippen LogP contribution in [0.3, 0.4) is 0 Å². The van der Waals surface area contributed by atoms with Gasteiger partial charge in [0.2, 0.25) is 0 Å². The molecular weight excluding hydrogens is 264 g/mol. The first-order valence-corrected chi connectivity index (χ1v) is 7.56. The predicted octanol–water partition coefficient (Wildman–Crippen LogP) is 3.10. The van der Waals surface area contributed by atoms with Gasteiger partial charge in [0.1, 0.15) is 0 Å². The smallest absolute Gasteiger partial charge is 0.306 e. The van der Waals surface area contributed by atoms with E-state index in [1.54, 1.807) is 0 Å². The van der Waals surface area contributed by atoms with E-state index >= 15 is 0 Å². The van der Waals surface area contributed by atoms with E-state index in [0.29, 0.717) is 11.5 Å². The van der Waals surface area contributed by atoms with Crippen molar-refractivity contribution in [2.45, 2.75) is 38.6 Å². The van der Waals surface area contributed by atoms with Crippen molar-refractivity contribution < 1.29 is 9.90 Å². The van der Waals surface area contributed by atoms with Gasteiger partial charge in [-0.25, -0.2) is 0 Å². The Labute approximate surface area is 125 Å². The predicted molar refractivity (Wildman–Crippen MR) is 80.7 cm³/mol. The SMILES string of the molecule is CC(NCC1CCC(C(=O)O)CC1)c1ccc(C#N)cc1. The van der Waals surface area contributed by atoms with Gasteiger partial charge in [-0.15, -0.1) is 0 Å². The number of benzene rings is 1. The molecule has 1 aliphatic rings. The summed E-state index contributed by atoms with van der Waals surface area (Å²) in [4.78, 5) is 10.9. The summed E-state index contributed by atoms with van der Waals surface area (Å²) in [7, 11) is 0. The van der Waals surface area contributed by atoms with Crippen LogP contribution < -0.4 is 5.32 Å². The number of hydrogen-bond acceptors (Lipinski definition) is 3. The lowest BCUT2D eigenvalue weighted by Gasteiger charge is -2.27. The van der Waals surface area contributed by atoms with Gasteiger partial charge in [-0.2, -0.15) is 5.26 Å². The molecule has 1 aromatic carbocycles. The molecule has 0 heterocycles. The van der Waals surface area contributed by atoms with Gasteiger partial charge in [-0.3, -0.25) is 4.79 Å². The summed E-state index contributed by atoms with van der Waals surface area (Å²) in [5, 5.41) is 21.3. The molecule has 0 aromatic heterocycles. The Morgan fingerprint density at radius 3 is 2.48 bits per heavy atom. The van der Waals surface area contributed by atoms with Crippen molar-refractivity contribution in [3.63, 3.8) is 0 Å². The van der Waals surface area contributed by atoms with E-state index in [1.807, 2.05) is 24.3 Å². The minimum Gasteiger partial charge on any atom is -0.481 e. The Hall–Kier alpha value is -1.86. The third kappa shape index (κ3) is 4.30. The number of rotatable bonds is 5. The molecule has 0 amide bonds. The highest BCUT2D eigenvalue weighted by Gasteiger charge is 2.25. The Kier molecular flexibility index (Phi) is 5.35. The van der Waals surface area contributed by atoms with Crippen molar-refractivity contribution in [1.29, 1.82) is 5.26 Å². The van der Waals surface area contributed by atoms with E-state index in [0.717, 1.165) is 32.2 Å². The monoisotopic (exact) mass is 286 g/mol. The minimum absolute atomic E-state index is 0.141. The summed E-state index contributed by atoms with van der Waals surface area (Å²) in [5.74, 6) is -0.217. The van der Waals surface area contributed by atoms with Crippen molar-refractivity contribution in [2.75, 3.05) is 6.54 Å². The van der Waals surface area contributed by atoms with Gasteiger partial charge in [0.05, 0.1) is 17.6 Å². The second-order valence-electron chi connectivity index (χ2n) is 5.92. The highest BCUT2D eigenvalue weighted by molar-refractivity contribution is 5.69. The molecule has 1 saturated carbocycles. The molecule has 0 radical (unpaired) electrons. The van der Waals surface area contributed by atoms with Crippen LogP contribution >= 0.6 is 0 Å². The maximum atomic E-state index is 10.9. The molecule has 2 rings (SSSR count). The second kappa shape index (κ2) is 7.24. The highest BCUT2D eigenvalue weighted by Crippen LogP contribution is 2.29. The third-order valence-corrected chi connectivity index (χ3v) is 4.45. The van der Waals surface area contributed by atoms with E-state index in [4.69, 9.17) is 10.4 Å². The second-order valence-corrected chi connectivity index (χ2v) is 5.92. The summed E-state index contributed by atoms with van der Waals surface area (Å²) in [6.45, 7) is 3.04. The summed E-state index contributed by atoms with van der Waals surface area (Å²) >= 11 is 0. The molecule has 0 spiro atoms. The first-order chi connectivity index (χ1) is 10.1. The Bertz CT molecular complexity index is 511. The lowest BCUT2D eigenvalue weighted by Crippen LogP contribution is -2.30. The van der Waals surface area contributed by atoms with E-state index in [2.05, 4.69) is 18.3 Å². The molecule has 2 N–H and O–H groups in total. The van der Waals surface area contributed by atoms with Crippen LogP contribution in [0.25, 0.3) is 0 Å². The Morgan fingerprint density at radius 1 is 1.33 bits per heavy atom. The average Bonchev–Trinajstić information content (AvgIpc) is 2.53. The Balaban J connectivity index is 1.78. The fourth-order valence-electron chi connectivity index (χ4n) is 2.92. The lowest BCUT2D eigenvalue weighted by molar-refractivity contribution is -0.143. The number of hydrogen-bond donors (Lipinski definition) is 2. The van der Waals surface area contributed by atoms with Crippen molar-refractivity contribution in [3.05, 3.63) is 35.4 Å². The fourth-order valence-corrected chi connectivity index (χ4v) is 2.92. The van der Waals surface area contributed by atoms with Crippen LogP contribution in [0, 0.1) is 23.2 Å². The summed E-state index contributed by atoms with van der Waals surface area (Å²) in [6.07, 6.45) is 3.58. The van der Waals surface area contributed by atoms with E-state index in [9.17, 15) is 4.79 Å². The number of nitrogens with zero attached hydrogens (tertiary/aromatic N) is 1. The van der Waals surface area contributed by atoms with E-state index < -0.39 is 5.97 Å². The van der Waals surface area contributed by atoms with Crippen LogP contribution in [0.4, 0.5) is 0 Å². The maximum absolute atomic E-state index is 10.9. The number of nitrogens with one attached hydrogen (secondary N) is 1. The van der Waals surface area contributed by atoms with Gasteiger partial charge in [0.25, 0.3) is 0 Å². The number of carbonyl (C=O) groups is 1. The molecule has 1 unspecified atom stereocenters. The molecule has 21 heavy (non-hydrogen) atoms. The zero-order valence-corrected chi connectivity index (χ0v) is 12.4. The van der Waals surface area contributed by atoms with Gasteiger partial charge in [0, 0.05) is 6.04 Å². The van der Waals surface area contributed by atoms with Crippen molar-refractivity contribution in [2.24, 2.45) is 11.8 Å². The summed E-state index contributed by atoms with van der Waals surface area (Å²) < 4.78 is 0. The maximum Gasteiger partial charge on any atom is 0.306 e. The van der Waals surface area contributed by atoms with Crippen molar-refractivity contribution >= 4 is 5.97 Å². The molecule has 0 aliphatic heterocycles. The lowest BCUT2D eigenvalue weighted by atomic mass is 9.82. The topological polar surface area (TPSA) is 73.1 Å². The zero-order chi connectivity index (χ0) is 15.2. The normalized spacial score (nSPS) is 23.2. The van der Waals surface area contributed by atoms with Crippen molar-refractivity contribution in [3.8, 4) is 6.07 Å². The van der Waals surface area contributed by atoms with Crippen LogP contribution in [0.15, 0.2) is 24.3 Å². The van der Waals surface area contributed by atoms with Crippen LogP contribution in [-0.2, 0) is 4.79 Å². The number of carboxylic acid groups (broad SMARTS) is 1. The van der Waals surface area contributed by atoms with Crippen molar-refractivity contribution in [1.82, 2.24) is 5.32 Å². The fraction of sp³-hybridized carbons (Fsp3) is 0.529. The number of carboxylic acids is 1. The summed E-state index contributed by atoms with van der Waals surface area (Å²) in [6, 6.07) is 10.0. The molecule has 0 saturated heterocycles. The third-order valence-electron chi connectivity index (χ3n) is 4.45. The van der Waals surface area contributed by atoms with Gasteiger partial charge >= 0.3 is 5.97 Å². The first kappa shape index (κ1) is 15.5. The molecule has 1 aromatic rings. The largest absolute Gasteiger partial charge is 0.481 e. The van der Waals surface area contributed by atoms with Crippen LogP contribution in [0.1, 0.15) is 49.8 Å². The van der Waals surface area contributed by atoms with Crippen LogP contribution in [0.2, 0.25) is 0 Å². The number of nitriles is 1. The quantitative estimate of drug-likeness (QED) is 0.872. The van der Waals surface area contributed by atoms with Crippen LogP contribution in [-0.4, -0.2) is 17.6 Å². The molecule has 1 atom stereocenters. The van der Waals surface area contributed by atoms with Gasteiger partial charge in [-0.05, 0) is 62.8 Å². The van der Waals surface area contributed by atoms with Crippen LogP contribution in [0.5, 0.6) is 0 Å². The van der Waals surface area contributed by atoms with Gasteiger partial charge in [-0.1, -0.05) is 12.1 Å².